The van der Waals surface area contributed by atoms with E-state index in [0.29, 0.717) is 6.42 Å². The molecule has 0 aromatic rings. The standard InChI is InChI=1S/C10H20O2.C2H8NO3P/c1-2-3-4-5-6-7-8-9-10(11)12;3-1-2-6-7(4)5/h2-9H2,1H3,(H,11,12);7H,1-3H2,(H,4,5). The molecule has 0 bridgehead atoms. The Hall–Kier alpha value is -0.420. The van der Waals surface area contributed by atoms with Crippen molar-refractivity contribution in [2.45, 2.75) is 58.3 Å². The maximum absolute atomic E-state index is 10.1. The highest BCUT2D eigenvalue weighted by molar-refractivity contribution is 7.32. The Bertz CT molecular complexity index is 226. The second-order valence-corrected chi connectivity index (χ2v) is 4.99. The van der Waals surface area contributed by atoms with Crippen molar-refractivity contribution >= 4 is 14.2 Å². The predicted octanol–water partition coefficient (Wildman–Crippen LogP) is 2.56. The second-order valence-electron chi connectivity index (χ2n) is 4.17. The third kappa shape index (κ3) is 27.0. The molecule has 1 atom stereocenters. The van der Waals surface area contributed by atoms with E-state index in [1.165, 1.54) is 32.1 Å². The first-order valence-corrected chi connectivity index (χ1v) is 8.08. The molecule has 0 aliphatic carbocycles. The molecule has 6 nitrogen and oxygen atoms in total. The van der Waals surface area contributed by atoms with Crippen LogP contribution in [0.3, 0.4) is 0 Å². The highest BCUT2D eigenvalue weighted by atomic mass is 31.1. The Balaban J connectivity index is 0. The minimum atomic E-state index is -2.73. The van der Waals surface area contributed by atoms with Gasteiger partial charge in [0.15, 0.2) is 0 Å². The first-order valence-electron chi connectivity index (χ1n) is 6.82. The summed E-state index contributed by atoms with van der Waals surface area (Å²) in [5.74, 6) is -0.663. The summed E-state index contributed by atoms with van der Waals surface area (Å²) in [5, 5.41) is 8.35. The summed E-state index contributed by atoms with van der Waals surface area (Å²) >= 11 is 0. The molecule has 0 heterocycles. The Morgan fingerprint density at radius 1 is 1.16 bits per heavy atom. The summed E-state index contributed by atoms with van der Waals surface area (Å²) in [6.07, 6.45) is 8.64. The van der Waals surface area contributed by atoms with Crippen LogP contribution in [0.5, 0.6) is 0 Å². The van der Waals surface area contributed by atoms with Crippen molar-refractivity contribution in [2.75, 3.05) is 13.2 Å². The van der Waals surface area contributed by atoms with Gasteiger partial charge in [0.2, 0.25) is 0 Å². The Morgan fingerprint density at radius 3 is 2.05 bits per heavy atom. The molecular weight excluding hydrogens is 269 g/mol. The summed E-state index contributed by atoms with van der Waals surface area (Å²) in [7, 11) is -2.73. The first-order chi connectivity index (χ1) is 9.04. The number of hydrogen-bond donors (Lipinski definition) is 3. The molecule has 0 amide bonds. The van der Waals surface area contributed by atoms with Crippen LogP contribution in [0.4, 0.5) is 0 Å². The largest absolute Gasteiger partial charge is 0.481 e. The predicted molar refractivity (Wildman–Crippen MR) is 76.5 cm³/mol. The molecule has 0 saturated heterocycles. The molecule has 116 valence electrons. The molecule has 0 rings (SSSR count). The molecule has 1 unspecified atom stereocenters. The smallest absolute Gasteiger partial charge is 0.316 e. The number of carboxylic acids is 1. The Kier molecular flexibility index (Phi) is 19.3. The van der Waals surface area contributed by atoms with E-state index in [2.05, 4.69) is 11.4 Å². The van der Waals surface area contributed by atoms with Crippen LogP contribution >= 0.6 is 8.25 Å². The Morgan fingerprint density at radius 2 is 1.68 bits per heavy atom. The van der Waals surface area contributed by atoms with Crippen molar-refractivity contribution in [1.82, 2.24) is 0 Å². The van der Waals surface area contributed by atoms with Crippen molar-refractivity contribution in [3.8, 4) is 0 Å². The number of unbranched alkanes of at least 4 members (excludes halogenated alkanes) is 6. The average molecular weight is 297 g/mol. The van der Waals surface area contributed by atoms with Gasteiger partial charge in [-0.1, -0.05) is 45.4 Å². The van der Waals surface area contributed by atoms with Crippen LogP contribution in [0.1, 0.15) is 58.3 Å². The van der Waals surface area contributed by atoms with Gasteiger partial charge in [0, 0.05) is 13.0 Å². The minimum Gasteiger partial charge on any atom is -0.481 e. The zero-order chi connectivity index (χ0) is 14.9. The number of hydrogen-bond acceptors (Lipinski definition) is 4. The Labute approximate surface area is 116 Å². The highest BCUT2D eigenvalue weighted by Gasteiger charge is 1.95. The van der Waals surface area contributed by atoms with Gasteiger partial charge in [-0.05, 0) is 6.42 Å². The van der Waals surface area contributed by atoms with Crippen LogP contribution in [-0.2, 0) is 13.9 Å². The van der Waals surface area contributed by atoms with E-state index in [-0.39, 0.29) is 13.2 Å². The molecule has 0 aromatic carbocycles. The van der Waals surface area contributed by atoms with Gasteiger partial charge < -0.3 is 20.3 Å². The lowest BCUT2D eigenvalue weighted by Gasteiger charge is -1.98. The van der Waals surface area contributed by atoms with Crippen molar-refractivity contribution in [2.24, 2.45) is 5.73 Å². The van der Waals surface area contributed by atoms with Gasteiger partial charge in [0.05, 0.1) is 6.61 Å². The van der Waals surface area contributed by atoms with Gasteiger partial charge in [0.1, 0.15) is 0 Å². The fraction of sp³-hybridized carbons (Fsp3) is 0.917. The maximum Gasteiger partial charge on any atom is 0.316 e. The van der Waals surface area contributed by atoms with Crippen LogP contribution in [0, 0.1) is 0 Å². The van der Waals surface area contributed by atoms with E-state index >= 15 is 0 Å². The number of carboxylic acid groups (broad SMARTS) is 1. The van der Waals surface area contributed by atoms with Crippen molar-refractivity contribution < 1.29 is 23.9 Å². The van der Waals surface area contributed by atoms with E-state index in [0.717, 1.165) is 12.8 Å². The van der Waals surface area contributed by atoms with Crippen molar-refractivity contribution in [3.63, 3.8) is 0 Å². The van der Waals surface area contributed by atoms with Crippen molar-refractivity contribution in [3.05, 3.63) is 0 Å². The molecule has 4 N–H and O–H groups in total. The van der Waals surface area contributed by atoms with Crippen LogP contribution in [0.25, 0.3) is 0 Å². The quantitative estimate of drug-likeness (QED) is 0.399. The molecule has 7 heteroatoms. The molecule has 0 saturated carbocycles. The zero-order valence-electron chi connectivity index (χ0n) is 11.8. The van der Waals surface area contributed by atoms with Gasteiger partial charge in [0.25, 0.3) is 0 Å². The van der Waals surface area contributed by atoms with Gasteiger partial charge >= 0.3 is 14.2 Å². The fourth-order valence-corrected chi connectivity index (χ4v) is 1.67. The average Bonchev–Trinajstić information content (AvgIpc) is 2.35. The third-order valence-electron chi connectivity index (χ3n) is 2.34. The summed E-state index contributed by atoms with van der Waals surface area (Å²) in [5.41, 5.74) is 4.92. The summed E-state index contributed by atoms with van der Waals surface area (Å²) in [6, 6.07) is 0. The van der Waals surface area contributed by atoms with E-state index in [4.69, 9.17) is 15.7 Å². The molecule has 0 aromatic heterocycles. The molecule has 19 heavy (non-hydrogen) atoms. The third-order valence-corrected chi connectivity index (χ3v) is 2.79. The highest BCUT2D eigenvalue weighted by Crippen LogP contribution is 2.12. The zero-order valence-corrected chi connectivity index (χ0v) is 12.8. The fourth-order valence-electron chi connectivity index (χ4n) is 1.38. The summed E-state index contributed by atoms with van der Waals surface area (Å²) in [6.45, 7) is 2.65. The van der Waals surface area contributed by atoms with E-state index in [9.17, 15) is 9.36 Å². The molecule has 0 radical (unpaired) electrons. The normalized spacial score (nSPS) is 11.5. The van der Waals surface area contributed by atoms with Crippen LogP contribution in [0.2, 0.25) is 0 Å². The molecule has 0 aliphatic rings. The van der Waals surface area contributed by atoms with Gasteiger partial charge in [-0.25, -0.2) is 0 Å². The lowest BCUT2D eigenvalue weighted by molar-refractivity contribution is -0.137. The lowest BCUT2D eigenvalue weighted by Crippen LogP contribution is -2.04. The maximum atomic E-state index is 10.1. The number of rotatable bonds is 11. The topological polar surface area (TPSA) is 110 Å². The van der Waals surface area contributed by atoms with Crippen LogP contribution in [-0.4, -0.2) is 29.1 Å². The molecule has 0 fully saturated rings. The van der Waals surface area contributed by atoms with Crippen LogP contribution < -0.4 is 5.73 Å². The molecule has 0 aliphatic heterocycles. The molecule has 0 spiro atoms. The monoisotopic (exact) mass is 297 g/mol. The first kappa shape index (κ1) is 20.9. The van der Waals surface area contributed by atoms with Gasteiger partial charge in [-0.3, -0.25) is 9.36 Å². The van der Waals surface area contributed by atoms with Gasteiger partial charge in [-0.2, -0.15) is 0 Å². The van der Waals surface area contributed by atoms with Crippen molar-refractivity contribution in [1.29, 1.82) is 0 Å². The number of aliphatic carboxylic acids is 1. The molecular formula is C12H28NO5P. The second kappa shape index (κ2) is 17.6. The van der Waals surface area contributed by atoms with E-state index in [1.807, 2.05) is 0 Å². The minimum absolute atomic E-state index is 0.161. The SMILES string of the molecule is CCCCCCCCCC(=O)O.NCCO[PH](=O)O. The summed E-state index contributed by atoms with van der Waals surface area (Å²) in [4.78, 5) is 18.1. The number of carbonyl (C=O) groups is 1. The lowest BCUT2D eigenvalue weighted by atomic mass is 10.1. The van der Waals surface area contributed by atoms with Gasteiger partial charge in [-0.15, -0.1) is 0 Å². The van der Waals surface area contributed by atoms with E-state index < -0.39 is 14.2 Å². The van der Waals surface area contributed by atoms with E-state index in [1.54, 1.807) is 0 Å². The van der Waals surface area contributed by atoms with Crippen LogP contribution in [0.15, 0.2) is 0 Å². The summed E-state index contributed by atoms with van der Waals surface area (Å²) < 4.78 is 13.8. The number of nitrogens with two attached hydrogens (primary N) is 1.